The molecule has 0 aliphatic carbocycles. The molecule has 0 unspecified atom stereocenters. The molecule has 3 rings (SSSR count). The summed E-state index contributed by atoms with van der Waals surface area (Å²) in [5.74, 6) is -56.0. The minimum atomic E-state index is -7.10. The van der Waals surface area contributed by atoms with Gasteiger partial charge in [0.1, 0.15) is 0 Å². The molecule has 500 valence electrons. The van der Waals surface area contributed by atoms with E-state index in [9.17, 15) is 158 Å². The number of ether oxygens (including phenoxy) is 8. The van der Waals surface area contributed by atoms with Crippen LogP contribution in [-0.4, -0.2) is 180 Å². The van der Waals surface area contributed by atoms with E-state index in [-0.39, 0.29) is 0 Å². The number of aromatic nitrogens is 6. The molecule has 0 radical (unpaired) electrons. The number of nitrogens with zero attached hydrogens (tertiary/aromatic N) is 8. The second-order valence-electron chi connectivity index (χ2n) is 16.1. The lowest BCUT2D eigenvalue weighted by Crippen LogP contribution is -2.57. The quantitative estimate of drug-likeness (QED) is 0.0680. The Bertz CT molecular complexity index is 2240. The van der Waals surface area contributed by atoms with Crippen molar-refractivity contribution < 1.29 is 196 Å². The van der Waals surface area contributed by atoms with E-state index in [0.717, 1.165) is 0 Å². The molecule has 1 aliphatic heterocycles. The molecule has 0 amide bonds. The zero-order valence-electron chi connectivity index (χ0n) is 39.9. The molecule has 0 saturated carbocycles. The lowest BCUT2D eigenvalue weighted by atomic mass is 10.1. The van der Waals surface area contributed by atoms with Gasteiger partial charge >= 0.3 is 121 Å². The molecule has 2 aromatic rings. The largest absolute Gasteiger partial charge is 0.527 e. The summed E-state index contributed by atoms with van der Waals surface area (Å²) in [6.45, 7) is -12.2. The zero-order chi connectivity index (χ0) is 67.0. The fourth-order valence-corrected chi connectivity index (χ4v) is 5.70. The van der Waals surface area contributed by atoms with Crippen molar-refractivity contribution in [3.8, 4) is 24.0 Å². The Morgan fingerprint density at radius 2 is 0.419 bits per heavy atom. The Kier molecular flexibility index (Phi) is 21.3. The summed E-state index contributed by atoms with van der Waals surface area (Å²) in [5.41, 5.74) is 0. The lowest BCUT2D eigenvalue weighted by molar-refractivity contribution is -0.486. The molecule has 0 atom stereocenters. The Hall–Kier alpha value is -5.86. The van der Waals surface area contributed by atoms with Crippen LogP contribution in [0.5, 0.6) is 24.0 Å². The first-order valence-electron chi connectivity index (χ1n) is 21.2. The van der Waals surface area contributed by atoms with Crippen molar-refractivity contribution in [1.29, 1.82) is 0 Å². The average Bonchev–Trinajstić information content (AvgIpc) is 1.07. The third-order valence-corrected chi connectivity index (χ3v) is 9.87. The Balaban J connectivity index is 2.03. The fourth-order valence-electron chi connectivity index (χ4n) is 5.70. The van der Waals surface area contributed by atoms with Gasteiger partial charge in [0.15, 0.2) is 0 Å². The number of halogens is 36. The maximum Gasteiger partial charge on any atom is 0.527 e. The van der Waals surface area contributed by atoms with Crippen LogP contribution in [0.15, 0.2) is 0 Å². The summed E-state index contributed by atoms with van der Waals surface area (Å²) in [7, 11) is 0. The number of anilines is 2. The van der Waals surface area contributed by atoms with Crippen LogP contribution in [0.2, 0.25) is 0 Å². The summed E-state index contributed by atoms with van der Waals surface area (Å²) in [6, 6.07) is -6.75. The van der Waals surface area contributed by atoms with E-state index in [1.54, 1.807) is 18.9 Å². The van der Waals surface area contributed by atoms with Gasteiger partial charge in [0.25, 0.3) is 0 Å². The van der Waals surface area contributed by atoms with E-state index in [1.807, 2.05) is 0 Å². The first-order chi connectivity index (χ1) is 38.1. The molecule has 16 nitrogen and oxygen atoms in total. The van der Waals surface area contributed by atoms with Gasteiger partial charge in [-0.25, -0.2) is 18.9 Å². The Morgan fingerprint density at radius 1 is 0.256 bits per heavy atom. The van der Waals surface area contributed by atoms with Crippen molar-refractivity contribution in [3.63, 3.8) is 0 Å². The predicted molar refractivity (Wildman–Crippen MR) is 192 cm³/mol. The molecule has 86 heavy (non-hydrogen) atoms. The van der Waals surface area contributed by atoms with Gasteiger partial charge in [-0.2, -0.15) is 125 Å². The molecule has 0 aromatic carbocycles. The van der Waals surface area contributed by atoms with Crippen LogP contribution < -0.4 is 28.7 Å². The molecular formula is C34H24F36N8O8. The number of hydrogen-bond acceptors (Lipinski definition) is 16. The van der Waals surface area contributed by atoms with Gasteiger partial charge in [0.05, 0.1) is 52.1 Å². The number of piperazine rings is 1. The van der Waals surface area contributed by atoms with E-state index >= 15 is 0 Å². The van der Waals surface area contributed by atoms with Crippen molar-refractivity contribution in [3.05, 3.63) is 0 Å². The summed E-state index contributed by atoms with van der Waals surface area (Å²) >= 11 is 0. The van der Waals surface area contributed by atoms with E-state index in [2.05, 4.69) is 48.9 Å². The second kappa shape index (κ2) is 24.6. The van der Waals surface area contributed by atoms with E-state index in [0.29, 0.717) is 9.80 Å². The van der Waals surface area contributed by atoms with E-state index in [1.165, 1.54) is 0 Å². The first kappa shape index (κ1) is 74.4. The van der Waals surface area contributed by atoms with Crippen LogP contribution in [0.25, 0.3) is 0 Å². The monoisotopic (exact) mass is 1360 g/mol. The molecule has 1 aliphatic rings. The van der Waals surface area contributed by atoms with Gasteiger partial charge in [0.2, 0.25) is 11.9 Å². The van der Waals surface area contributed by atoms with Gasteiger partial charge < -0.3 is 28.7 Å². The standard InChI is InChI=1S/C34H24F36N8O8/c35-19(36,23(43,44)27(51,52)83-31(59,60)61)1-9-79-15-71-13(72-16(75-15)80-10-2-20(37,38)24(45,46)28(53,54)84-32(62,63)64)77-5-7-78(8-6-77)14-73-17(81-11-3-21(39,40)25(47,48)29(55,56)85-33(65,66)67)76-18(74-14)82-12-4-22(41,42)26(49,50)30(57,58)86-34(68,69)70/h1-12H2. The summed E-state index contributed by atoms with van der Waals surface area (Å²) < 4.78 is 507. The topological polar surface area (TPSA) is 158 Å². The van der Waals surface area contributed by atoms with Crippen LogP contribution in [0.4, 0.5) is 170 Å². The Labute approximate surface area is 447 Å². The molecule has 0 bridgehead atoms. The highest BCUT2D eigenvalue weighted by Gasteiger charge is 2.78. The summed E-state index contributed by atoms with van der Waals surface area (Å²) in [4.78, 5) is 20.6. The third-order valence-electron chi connectivity index (χ3n) is 9.87. The van der Waals surface area contributed by atoms with Crippen LogP contribution in [0.3, 0.4) is 0 Å². The van der Waals surface area contributed by atoms with Gasteiger partial charge in [-0.05, 0) is 0 Å². The van der Waals surface area contributed by atoms with Gasteiger partial charge in [-0.1, -0.05) is 0 Å². The Morgan fingerprint density at radius 3 is 0.570 bits per heavy atom. The highest BCUT2D eigenvalue weighted by Crippen LogP contribution is 2.54. The molecule has 1 saturated heterocycles. The van der Waals surface area contributed by atoms with Crippen molar-refractivity contribution >= 4 is 11.9 Å². The van der Waals surface area contributed by atoms with Gasteiger partial charge in [-0.3, -0.25) is 0 Å². The van der Waals surface area contributed by atoms with Crippen molar-refractivity contribution in [2.24, 2.45) is 0 Å². The number of alkyl halides is 36. The minimum Gasteiger partial charge on any atom is -0.463 e. The van der Waals surface area contributed by atoms with Crippen molar-refractivity contribution in [2.75, 3.05) is 62.4 Å². The maximum atomic E-state index is 14.3. The highest BCUT2D eigenvalue weighted by atomic mass is 19.4. The normalized spacial score (nSPS) is 16.0. The van der Waals surface area contributed by atoms with Crippen LogP contribution >= 0.6 is 0 Å². The summed E-state index contributed by atoms with van der Waals surface area (Å²) in [6.07, 6.45) is -66.3. The molecule has 1 fully saturated rings. The zero-order valence-corrected chi connectivity index (χ0v) is 39.9. The number of rotatable bonds is 30. The SMILES string of the molecule is FC(F)(F)OC(F)(F)C(F)(F)C(F)(F)CCOc1nc(OCCC(F)(F)C(F)(F)C(F)(F)OC(F)(F)F)nc(N2CCN(c3nc(OCCC(F)(F)C(F)(F)C(F)(F)OC(F)(F)F)nc(OCCC(F)(F)C(F)(F)C(F)(F)OC(F)(F)F)n3)CC2)n1. The van der Waals surface area contributed by atoms with E-state index < -0.39 is 211 Å². The minimum absolute atomic E-state index is 0.630. The van der Waals surface area contributed by atoms with Crippen LogP contribution in [0.1, 0.15) is 25.7 Å². The van der Waals surface area contributed by atoms with Crippen molar-refractivity contribution in [2.45, 2.75) is 123 Å². The molecule has 3 heterocycles. The molecule has 2 aromatic heterocycles. The third kappa shape index (κ3) is 18.1. The van der Waals surface area contributed by atoms with Gasteiger partial charge in [0, 0.05) is 26.2 Å². The number of hydrogen-bond donors (Lipinski definition) is 0. The first-order valence-corrected chi connectivity index (χ1v) is 21.2. The second-order valence-corrected chi connectivity index (χ2v) is 16.1. The molecule has 52 heteroatoms. The molecule has 0 spiro atoms. The van der Waals surface area contributed by atoms with Crippen molar-refractivity contribution in [1.82, 2.24) is 29.9 Å². The average molecular weight is 1360 g/mol. The smallest absolute Gasteiger partial charge is 0.463 e. The van der Waals surface area contributed by atoms with Gasteiger partial charge in [-0.15, -0.1) is 62.7 Å². The lowest BCUT2D eigenvalue weighted by Gasteiger charge is -2.35. The molecule has 0 N–H and O–H groups in total. The predicted octanol–water partition coefficient (Wildman–Crippen LogP) is 12.1. The summed E-state index contributed by atoms with van der Waals surface area (Å²) in [5, 5.41) is 0. The van der Waals surface area contributed by atoms with Crippen LogP contribution in [-0.2, 0) is 18.9 Å². The highest BCUT2D eigenvalue weighted by molar-refractivity contribution is 5.39. The maximum absolute atomic E-state index is 14.3. The fraction of sp³-hybridized carbons (Fsp3) is 0.824. The van der Waals surface area contributed by atoms with E-state index in [4.69, 9.17) is 0 Å². The van der Waals surface area contributed by atoms with Crippen LogP contribution in [0, 0.1) is 0 Å². The molecular weight excluding hydrogens is 1330 g/mol.